The lowest BCUT2D eigenvalue weighted by atomic mass is 10.3. The van der Waals surface area contributed by atoms with Gasteiger partial charge in [0.1, 0.15) is 11.6 Å². The summed E-state index contributed by atoms with van der Waals surface area (Å²) in [6.07, 6.45) is 6.92. The Morgan fingerprint density at radius 1 is 1.50 bits per heavy atom. The molecule has 1 aromatic rings. The number of rotatable bonds is 3. The Labute approximate surface area is 72.8 Å². The molecule has 3 heteroatoms. The second-order valence-electron chi connectivity index (χ2n) is 2.74. The zero-order chi connectivity index (χ0) is 8.97. The van der Waals surface area contributed by atoms with Gasteiger partial charge < -0.3 is 0 Å². The van der Waals surface area contributed by atoms with Crippen molar-refractivity contribution in [1.29, 1.82) is 0 Å². The van der Waals surface area contributed by atoms with E-state index in [0.29, 0.717) is 0 Å². The fraction of sp³-hybridized carbons (Fsp3) is 0.556. The molecule has 0 saturated heterocycles. The first-order valence-electron chi connectivity index (χ1n) is 4.05. The first kappa shape index (κ1) is 8.79. The number of unbranched alkanes of at least 4 members (excludes halogenated alkanes) is 1. The maximum Gasteiger partial charge on any atom is 0.147 e. The van der Waals surface area contributed by atoms with Crippen LogP contribution in [0.15, 0.2) is 0 Å². The topological polar surface area (TPSA) is 30.7 Å². The normalized spacial score (nSPS) is 9.75. The maximum absolute atomic E-state index is 5.14. The average molecular weight is 163 g/mol. The summed E-state index contributed by atoms with van der Waals surface area (Å²) in [7, 11) is 0. The Morgan fingerprint density at radius 3 is 2.75 bits per heavy atom. The molecule has 0 atom stereocenters. The SMILES string of the molecule is C#CCCCn1nc(C)nc1C. The van der Waals surface area contributed by atoms with Gasteiger partial charge in [0.05, 0.1) is 0 Å². The van der Waals surface area contributed by atoms with E-state index >= 15 is 0 Å². The monoisotopic (exact) mass is 163 g/mol. The predicted molar refractivity (Wildman–Crippen MR) is 47.6 cm³/mol. The van der Waals surface area contributed by atoms with E-state index in [9.17, 15) is 0 Å². The van der Waals surface area contributed by atoms with Gasteiger partial charge in [-0.2, -0.15) is 5.10 Å². The molecule has 0 saturated carbocycles. The first-order valence-corrected chi connectivity index (χ1v) is 4.05. The Bertz CT molecular complexity index is 293. The van der Waals surface area contributed by atoms with Gasteiger partial charge in [-0.1, -0.05) is 0 Å². The van der Waals surface area contributed by atoms with Crippen LogP contribution >= 0.6 is 0 Å². The highest BCUT2D eigenvalue weighted by molar-refractivity contribution is 4.88. The molecule has 0 aliphatic rings. The molecule has 1 heterocycles. The highest BCUT2D eigenvalue weighted by Gasteiger charge is 2.00. The zero-order valence-electron chi connectivity index (χ0n) is 7.54. The Morgan fingerprint density at radius 2 is 2.25 bits per heavy atom. The smallest absolute Gasteiger partial charge is 0.147 e. The van der Waals surface area contributed by atoms with Crippen LogP contribution in [0.1, 0.15) is 24.5 Å². The molecule has 3 nitrogen and oxygen atoms in total. The molecule has 0 radical (unpaired) electrons. The van der Waals surface area contributed by atoms with E-state index in [0.717, 1.165) is 31.0 Å². The third-order valence-electron chi connectivity index (χ3n) is 1.65. The number of hydrogen-bond acceptors (Lipinski definition) is 2. The first-order chi connectivity index (χ1) is 5.74. The fourth-order valence-corrected chi connectivity index (χ4v) is 1.10. The maximum atomic E-state index is 5.14. The van der Waals surface area contributed by atoms with Gasteiger partial charge in [0.15, 0.2) is 0 Å². The number of terminal acetylenes is 1. The van der Waals surface area contributed by atoms with Gasteiger partial charge in [0.2, 0.25) is 0 Å². The van der Waals surface area contributed by atoms with Crippen LogP contribution in [0.3, 0.4) is 0 Å². The summed E-state index contributed by atoms with van der Waals surface area (Å²) in [6, 6.07) is 0. The molecule has 1 aromatic heterocycles. The molecule has 64 valence electrons. The van der Waals surface area contributed by atoms with Gasteiger partial charge in [-0.3, -0.25) is 4.68 Å². The molecule has 0 fully saturated rings. The second-order valence-corrected chi connectivity index (χ2v) is 2.74. The number of hydrogen-bond donors (Lipinski definition) is 0. The van der Waals surface area contributed by atoms with Crippen LogP contribution in [0.2, 0.25) is 0 Å². The van der Waals surface area contributed by atoms with Crippen LogP contribution in [-0.4, -0.2) is 14.8 Å². The lowest BCUT2D eigenvalue weighted by Gasteiger charge is -1.98. The molecule has 0 N–H and O–H groups in total. The zero-order valence-corrected chi connectivity index (χ0v) is 7.54. The van der Waals surface area contributed by atoms with E-state index < -0.39 is 0 Å². The molecule has 0 aliphatic heterocycles. The third-order valence-corrected chi connectivity index (χ3v) is 1.65. The summed E-state index contributed by atoms with van der Waals surface area (Å²) < 4.78 is 1.90. The van der Waals surface area contributed by atoms with Gasteiger partial charge in [-0.15, -0.1) is 12.3 Å². The standard InChI is InChI=1S/C9H13N3/c1-4-5-6-7-12-9(3)10-8(2)11-12/h1H,5-7H2,2-3H3. The summed E-state index contributed by atoms with van der Waals surface area (Å²) >= 11 is 0. The van der Waals surface area contributed by atoms with Crippen LogP contribution in [0, 0.1) is 26.2 Å². The molecule has 0 amide bonds. The number of aryl methyl sites for hydroxylation is 3. The molecule has 0 unspecified atom stereocenters. The summed E-state index contributed by atoms with van der Waals surface area (Å²) in [5, 5.41) is 4.22. The molecule has 1 rings (SSSR count). The van der Waals surface area contributed by atoms with E-state index in [2.05, 4.69) is 16.0 Å². The Kier molecular flexibility index (Phi) is 2.87. The molecular formula is C9H13N3. The fourth-order valence-electron chi connectivity index (χ4n) is 1.10. The van der Waals surface area contributed by atoms with E-state index in [-0.39, 0.29) is 0 Å². The van der Waals surface area contributed by atoms with Gasteiger partial charge in [0.25, 0.3) is 0 Å². The molecule has 0 aliphatic carbocycles. The predicted octanol–water partition coefficient (Wildman–Crippen LogP) is 1.31. The van der Waals surface area contributed by atoms with Crippen LogP contribution in [0.5, 0.6) is 0 Å². The lowest BCUT2D eigenvalue weighted by molar-refractivity contribution is 0.567. The van der Waals surface area contributed by atoms with E-state index in [1.807, 2.05) is 18.5 Å². The van der Waals surface area contributed by atoms with Crippen molar-refractivity contribution < 1.29 is 0 Å². The van der Waals surface area contributed by atoms with Crippen molar-refractivity contribution in [3.63, 3.8) is 0 Å². The average Bonchev–Trinajstić information content (AvgIpc) is 2.31. The van der Waals surface area contributed by atoms with Gasteiger partial charge in [-0.05, 0) is 20.3 Å². The van der Waals surface area contributed by atoms with Gasteiger partial charge in [0, 0.05) is 13.0 Å². The van der Waals surface area contributed by atoms with E-state index in [1.165, 1.54) is 0 Å². The summed E-state index contributed by atoms with van der Waals surface area (Å²) in [5.74, 6) is 4.39. The van der Waals surface area contributed by atoms with Crippen LogP contribution in [-0.2, 0) is 6.54 Å². The van der Waals surface area contributed by atoms with Crippen molar-refractivity contribution in [2.24, 2.45) is 0 Å². The van der Waals surface area contributed by atoms with Crippen LogP contribution in [0.4, 0.5) is 0 Å². The molecule has 0 aromatic carbocycles. The van der Waals surface area contributed by atoms with Crippen molar-refractivity contribution in [1.82, 2.24) is 14.8 Å². The Hall–Kier alpha value is -1.30. The van der Waals surface area contributed by atoms with Crippen molar-refractivity contribution in [3.05, 3.63) is 11.6 Å². The van der Waals surface area contributed by atoms with Crippen molar-refractivity contribution >= 4 is 0 Å². The molecular weight excluding hydrogens is 150 g/mol. The van der Waals surface area contributed by atoms with Gasteiger partial charge >= 0.3 is 0 Å². The minimum absolute atomic E-state index is 0.804. The quantitative estimate of drug-likeness (QED) is 0.497. The number of nitrogens with zero attached hydrogens (tertiary/aromatic N) is 3. The lowest BCUT2D eigenvalue weighted by Crippen LogP contribution is -2.02. The van der Waals surface area contributed by atoms with Gasteiger partial charge in [-0.25, -0.2) is 4.98 Å². The highest BCUT2D eigenvalue weighted by Crippen LogP contribution is 1.98. The molecule has 0 bridgehead atoms. The van der Waals surface area contributed by atoms with Crippen molar-refractivity contribution in [2.45, 2.75) is 33.2 Å². The van der Waals surface area contributed by atoms with Crippen LogP contribution < -0.4 is 0 Å². The van der Waals surface area contributed by atoms with Crippen LogP contribution in [0.25, 0.3) is 0 Å². The second kappa shape index (κ2) is 3.91. The Balaban J connectivity index is 2.52. The van der Waals surface area contributed by atoms with E-state index in [4.69, 9.17) is 6.42 Å². The minimum atomic E-state index is 0.804. The summed E-state index contributed by atoms with van der Waals surface area (Å²) in [4.78, 5) is 4.19. The number of aromatic nitrogens is 3. The molecule has 12 heavy (non-hydrogen) atoms. The van der Waals surface area contributed by atoms with E-state index in [1.54, 1.807) is 0 Å². The molecule has 0 spiro atoms. The minimum Gasteiger partial charge on any atom is -0.250 e. The van der Waals surface area contributed by atoms with Crippen molar-refractivity contribution in [3.8, 4) is 12.3 Å². The third kappa shape index (κ3) is 2.09. The van der Waals surface area contributed by atoms with Crippen molar-refractivity contribution in [2.75, 3.05) is 0 Å². The summed E-state index contributed by atoms with van der Waals surface area (Å²) in [5.41, 5.74) is 0. The summed E-state index contributed by atoms with van der Waals surface area (Å²) in [6.45, 7) is 4.72. The largest absolute Gasteiger partial charge is 0.250 e. The highest BCUT2D eigenvalue weighted by atomic mass is 15.3.